The molecule has 3 aromatic carbocycles. The highest BCUT2D eigenvalue weighted by Gasteiger charge is 2.15. The van der Waals surface area contributed by atoms with E-state index in [-0.39, 0.29) is 12.4 Å². The van der Waals surface area contributed by atoms with Gasteiger partial charge in [-0.2, -0.15) is 0 Å². The molecule has 4 aromatic rings. The fourth-order valence-electron chi connectivity index (χ4n) is 3.15. The van der Waals surface area contributed by atoms with Gasteiger partial charge in [0.15, 0.2) is 5.75 Å². The highest BCUT2D eigenvalue weighted by atomic mass is 16.5. The molecule has 0 amide bonds. The number of aromatic nitrogens is 3. The highest BCUT2D eigenvalue weighted by molar-refractivity contribution is 5.93. The van der Waals surface area contributed by atoms with E-state index in [1.165, 1.54) is 11.9 Å². The summed E-state index contributed by atoms with van der Waals surface area (Å²) in [5.74, 6) is -0.515. The Morgan fingerprint density at radius 1 is 1.10 bits per heavy atom. The van der Waals surface area contributed by atoms with E-state index in [1.807, 2.05) is 30.3 Å². The number of carbonyl (C=O) groups excluding carboxylic acids is 1. The van der Waals surface area contributed by atoms with Crippen LogP contribution in [-0.2, 0) is 11.2 Å². The summed E-state index contributed by atoms with van der Waals surface area (Å²) in [7, 11) is 1.31. The minimum Gasteiger partial charge on any atom is -0.505 e. The normalized spacial score (nSPS) is 11.3. The largest absolute Gasteiger partial charge is 0.505 e. The lowest BCUT2D eigenvalue weighted by atomic mass is 10.1. The average Bonchev–Trinajstić information content (AvgIpc) is 3.22. The predicted octanol–water partition coefficient (Wildman–Crippen LogP) is 3.20. The minimum absolute atomic E-state index is 0.0452. The van der Waals surface area contributed by atoms with Crippen molar-refractivity contribution in [3.63, 3.8) is 0 Å². The predicted molar refractivity (Wildman–Crippen MR) is 116 cm³/mol. The first-order chi connectivity index (χ1) is 15.1. The summed E-state index contributed by atoms with van der Waals surface area (Å²) in [4.78, 5) is 17.5. The van der Waals surface area contributed by atoms with Crippen LogP contribution in [-0.4, -0.2) is 51.1 Å². The van der Waals surface area contributed by atoms with Gasteiger partial charge in [0.1, 0.15) is 16.7 Å². The Bertz CT molecular complexity index is 1270. The molecule has 0 spiro atoms. The van der Waals surface area contributed by atoms with Crippen LogP contribution in [0.2, 0.25) is 0 Å². The SMILES string of the molecule is COC(=O)c1ccc2nn(-c3cc(CCO)cc(C=Nc4ccccc4)c3O)nc2c1. The third kappa shape index (κ3) is 4.29. The second-order valence-corrected chi connectivity index (χ2v) is 6.80. The number of benzene rings is 3. The summed E-state index contributed by atoms with van der Waals surface area (Å²) in [6.07, 6.45) is 1.96. The number of aromatic hydroxyl groups is 1. The summed E-state index contributed by atoms with van der Waals surface area (Å²) in [6.45, 7) is -0.0452. The van der Waals surface area contributed by atoms with Crippen LogP contribution in [0.25, 0.3) is 16.7 Å². The van der Waals surface area contributed by atoms with Gasteiger partial charge in [0, 0.05) is 18.4 Å². The van der Waals surface area contributed by atoms with E-state index in [2.05, 4.69) is 15.2 Å². The molecule has 156 valence electrons. The first-order valence-electron chi connectivity index (χ1n) is 9.60. The molecule has 0 fully saturated rings. The molecule has 0 unspecified atom stereocenters. The Labute approximate surface area is 178 Å². The van der Waals surface area contributed by atoms with E-state index in [0.717, 1.165) is 11.3 Å². The van der Waals surface area contributed by atoms with Crippen LogP contribution >= 0.6 is 0 Å². The van der Waals surface area contributed by atoms with E-state index in [9.17, 15) is 15.0 Å². The summed E-state index contributed by atoms with van der Waals surface area (Å²) in [5.41, 5.74) is 3.75. The number of aliphatic hydroxyl groups is 1. The van der Waals surface area contributed by atoms with Crippen molar-refractivity contribution in [3.05, 3.63) is 77.4 Å². The third-order valence-corrected chi connectivity index (χ3v) is 4.71. The number of aliphatic hydroxyl groups excluding tert-OH is 1. The van der Waals surface area contributed by atoms with Crippen LogP contribution < -0.4 is 0 Å². The van der Waals surface area contributed by atoms with E-state index in [0.29, 0.717) is 34.3 Å². The van der Waals surface area contributed by atoms with Gasteiger partial charge in [-0.15, -0.1) is 15.0 Å². The maximum atomic E-state index is 11.8. The monoisotopic (exact) mass is 416 g/mol. The van der Waals surface area contributed by atoms with E-state index >= 15 is 0 Å². The minimum atomic E-state index is -0.469. The first-order valence-corrected chi connectivity index (χ1v) is 9.60. The Kier molecular flexibility index (Phi) is 5.72. The van der Waals surface area contributed by atoms with Crippen LogP contribution in [0.3, 0.4) is 0 Å². The Hall–Kier alpha value is -4.04. The van der Waals surface area contributed by atoms with Crippen LogP contribution in [0.1, 0.15) is 21.5 Å². The molecule has 1 heterocycles. The van der Waals surface area contributed by atoms with Gasteiger partial charge in [-0.3, -0.25) is 4.99 Å². The van der Waals surface area contributed by atoms with Gasteiger partial charge >= 0.3 is 5.97 Å². The highest BCUT2D eigenvalue weighted by Crippen LogP contribution is 2.28. The second-order valence-electron chi connectivity index (χ2n) is 6.80. The number of phenolic OH excluding ortho intramolecular Hbond substituents is 1. The molecule has 4 rings (SSSR count). The zero-order chi connectivity index (χ0) is 21.8. The molecule has 0 aliphatic heterocycles. The topological polar surface area (TPSA) is 110 Å². The van der Waals surface area contributed by atoms with E-state index in [1.54, 1.807) is 36.5 Å². The molecular formula is C23H20N4O4. The molecule has 2 N–H and O–H groups in total. The fourth-order valence-corrected chi connectivity index (χ4v) is 3.15. The van der Waals surface area contributed by atoms with Crippen LogP contribution in [0.15, 0.2) is 65.7 Å². The number of ether oxygens (including phenoxy) is 1. The van der Waals surface area contributed by atoms with Gasteiger partial charge < -0.3 is 14.9 Å². The Morgan fingerprint density at radius 2 is 1.87 bits per heavy atom. The number of hydrogen-bond acceptors (Lipinski definition) is 7. The van der Waals surface area contributed by atoms with Crippen LogP contribution in [0, 0.1) is 0 Å². The zero-order valence-electron chi connectivity index (χ0n) is 16.8. The van der Waals surface area contributed by atoms with Crippen molar-refractivity contribution in [2.45, 2.75) is 6.42 Å². The average molecular weight is 416 g/mol. The molecule has 0 aliphatic carbocycles. The molecule has 8 nitrogen and oxygen atoms in total. The van der Waals surface area contributed by atoms with Crippen molar-refractivity contribution in [2.75, 3.05) is 13.7 Å². The van der Waals surface area contributed by atoms with Crippen LogP contribution in [0.4, 0.5) is 5.69 Å². The summed E-state index contributed by atoms with van der Waals surface area (Å²) >= 11 is 0. The molecule has 0 radical (unpaired) electrons. The first kappa shape index (κ1) is 20.2. The van der Waals surface area contributed by atoms with Crippen LogP contribution in [0.5, 0.6) is 5.75 Å². The molecule has 0 bridgehead atoms. The molecule has 0 saturated heterocycles. The number of para-hydroxylation sites is 1. The fraction of sp³-hybridized carbons (Fsp3) is 0.130. The lowest BCUT2D eigenvalue weighted by molar-refractivity contribution is 0.0601. The van der Waals surface area contributed by atoms with Gasteiger partial charge in [0.05, 0.1) is 18.4 Å². The van der Waals surface area contributed by atoms with Gasteiger partial charge in [0.2, 0.25) is 0 Å². The van der Waals surface area contributed by atoms with Gasteiger partial charge in [-0.25, -0.2) is 4.79 Å². The number of aliphatic imine (C=N–C) groups is 1. The third-order valence-electron chi connectivity index (χ3n) is 4.71. The number of fused-ring (bicyclic) bond motifs is 1. The second kappa shape index (κ2) is 8.76. The summed E-state index contributed by atoms with van der Waals surface area (Å²) < 4.78 is 4.75. The standard InChI is InChI=1S/C23H20N4O4/c1-31-23(30)16-7-8-19-20(13-16)26-27(25-19)21-12-15(9-10-28)11-17(22(21)29)14-24-18-5-3-2-4-6-18/h2-8,11-14,28-29H,9-10H2,1H3. The maximum Gasteiger partial charge on any atom is 0.337 e. The number of phenols is 1. The summed E-state index contributed by atoms with van der Waals surface area (Å²) in [6, 6.07) is 17.7. The van der Waals surface area contributed by atoms with Crippen molar-refractivity contribution in [3.8, 4) is 11.4 Å². The lowest BCUT2D eigenvalue weighted by Gasteiger charge is -2.09. The van der Waals surface area contributed by atoms with Gasteiger partial charge in [0.25, 0.3) is 0 Å². The quantitative estimate of drug-likeness (QED) is 0.369. The van der Waals surface area contributed by atoms with Gasteiger partial charge in [-0.1, -0.05) is 18.2 Å². The number of rotatable bonds is 6. The molecule has 1 aromatic heterocycles. The van der Waals surface area contributed by atoms with Crippen molar-refractivity contribution in [2.24, 2.45) is 4.99 Å². The number of nitrogens with zero attached hydrogens (tertiary/aromatic N) is 4. The number of hydrogen-bond donors (Lipinski definition) is 2. The molecule has 0 atom stereocenters. The van der Waals surface area contributed by atoms with E-state index < -0.39 is 5.97 Å². The molecule has 0 saturated carbocycles. The molecular weight excluding hydrogens is 396 g/mol. The van der Waals surface area contributed by atoms with Gasteiger partial charge in [-0.05, 0) is 54.4 Å². The van der Waals surface area contributed by atoms with Crippen molar-refractivity contribution >= 4 is 28.9 Å². The molecule has 0 aliphatic rings. The lowest BCUT2D eigenvalue weighted by Crippen LogP contribution is -2.03. The summed E-state index contributed by atoms with van der Waals surface area (Å²) in [5, 5.41) is 29.1. The Balaban J connectivity index is 1.79. The van der Waals surface area contributed by atoms with E-state index in [4.69, 9.17) is 4.74 Å². The molecule has 31 heavy (non-hydrogen) atoms. The van der Waals surface area contributed by atoms with Crippen molar-refractivity contribution in [1.29, 1.82) is 0 Å². The number of carbonyl (C=O) groups is 1. The maximum absolute atomic E-state index is 11.8. The zero-order valence-corrected chi connectivity index (χ0v) is 16.8. The van der Waals surface area contributed by atoms with Crippen molar-refractivity contribution in [1.82, 2.24) is 15.0 Å². The number of esters is 1. The smallest absolute Gasteiger partial charge is 0.337 e. The molecule has 8 heteroatoms. The Morgan fingerprint density at radius 3 is 2.61 bits per heavy atom. The van der Waals surface area contributed by atoms with Crippen molar-refractivity contribution < 1.29 is 19.7 Å². The number of methoxy groups -OCH3 is 1.